The van der Waals surface area contributed by atoms with Gasteiger partial charge in [0.25, 0.3) is 0 Å². The number of nitrogens with zero attached hydrogens (tertiary/aromatic N) is 4. The molecular formula is C15H22N6O12P2. The molecule has 20 heteroatoms. The summed E-state index contributed by atoms with van der Waals surface area (Å²) in [6.45, 7) is -1.66. The number of imidazole rings is 1. The van der Waals surface area contributed by atoms with E-state index in [1.807, 2.05) is 0 Å². The molecule has 4 heterocycles. The number of β-amino-alcohol motifs (C(OH)–C–C–N with tert-alkyl or cyclic N) is 1. The van der Waals surface area contributed by atoms with Gasteiger partial charge in [-0.3, -0.25) is 18.4 Å². The maximum absolute atomic E-state index is 12.1. The highest BCUT2D eigenvalue weighted by Crippen LogP contribution is 2.60. The lowest BCUT2D eigenvalue weighted by Gasteiger charge is -2.19. The van der Waals surface area contributed by atoms with Crippen molar-refractivity contribution in [2.75, 3.05) is 25.5 Å². The summed E-state index contributed by atoms with van der Waals surface area (Å²) in [7, 11) is -10.4. The van der Waals surface area contributed by atoms with Crippen LogP contribution < -0.4 is 11.1 Å². The first-order chi connectivity index (χ1) is 16.4. The molecule has 0 amide bonds. The molecule has 6 unspecified atom stereocenters. The van der Waals surface area contributed by atoms with Crippen LogP contribution in [0.2, 0.25) is 0 Å². The number of phosphoric acid groups is 2. The molecule has 0 aliphatic carbocycles. The van der Waals surface area contributed by atoms with Crippen molar-refractivity contribution in [1.82, 2.24) is 24.8 Å². The summed E-state index contributed by atoms with van der Waals surface area (Å²) in [5.74, 6) is -0.617. The Morgan fingerprint density at radius 3 is 2.46 bits per heavy atom. The Bertz CT molecular complexity index is 1200. The number of carbonyl (C=O) groups is 1. The Morgan fingerprint density at radius 2 is 1.80 bits per heavy atom. The molecule has 0 saturated carbocycles. The van der Waals surface area contributed by atoms with Crippen molar-refractivity contribution in [1.29, 1.82) is 0 Å². The highest BCUT2D eigenvalue weighted by Gasteiger charge is 2.46. The summed E-state index contributed by atoms with van der Waals surface area (Å²) in [5.41, 5.74) is 6.12. The Labute approximate surface area is 195 Å². The maximum Gasteiger partial charge on any atom is 0.481 e. The number of anilines is 1. The molecule has 4 rings (SSSR count). The van der Waals surface area contributed by atoms with Gasteiger partial charge in [0.1, 0.15) is 36.3 Å². The number of phosphoric ester groups is 2. The summed E-state index contributed by atoms with van der Waals surface area (Å²) in [4.78, 5) is 42.9. The second kappa shape index (κ2) is 9.85. The van der Waals surface area contributed by atoms with Crippen LogP contribution in [0.4, 0.5) is 5.82 Å². The highest BCUT2D eigenvalue weighted by atomic mass is 31.3. The fraction of sp³-hybridized carbons (Fsp3) is 0.600. The number of nitrogens with two attached hydrogens (primary N) is 1. The minimum Gasteiger partial charge on any atom is -0.387 e. The lowest BCUT2D eigenvalue weighted by molar-refractivity contribution is -0.125. The van der Waals surface area contributed by atoms with Gasteiger partial charge < -0.3 is 40.9 Å². The van der Waals surface area contributed by atoms with Gasteiger partial charge in [-0.2, -0.15) is 4.31 Å². The molecule has 0 bridgehead atoms. The van der Waals surface area contributed by atoms with Crippen LogP contribution in [0, 0.1) is 0 Å². The van der Waals surface area contributed by atoms with Crippen molar-refractivity contribution in [3.05, 3.63) is 12.7 Å². The third kappa shape index (κ3) is 5.59. The van der Waals surface area contributed by atoms with Crippen molar-refractivity contribution in [3.8, 4) is 0 Å². The number of carbonyl (C=O) groups excluding carboxylic acids is 1. The van der Waals surface area contributed by atoms with Crippen LogP contribution in [0.25, 0.3) is 11.2 Å². The largest absolute Gasteiger partial charge is 0.481 e. The van der Waals surface area contributed by atoms with E-state index in [4.69, 9.17) is 10.5 Å². The van der Waals surface area contributed by atoms with Crippen LogP contribution in [0.1, 0.15) is 6.23 Å². The van der Waals surface area contributed by atoms with Gasteiger partial charge in [0.15, 0.2) is 23.5 Å². The molecule has 18 nitrogen and oxygen atoms in total. The summed E-state index contributed by atoms with van der Waals surface area (Å²) in [6.07, 6.45) is -4.69. The first kappa shape index (κ1) is 26.2. The van der Waals surface area contributed by atoms with E-state index in [0.29, 0.717) is 0 Å². The number of ether oxygens (including phenoxy) is 1. The SMILES string of the molecule is Nc1ncnc2c1ncn2C1OC(COP(=O)(O)OP(=O)(O)OC[C@H]2NC[C@H](O)C2=O)C(O)C1O. The third-order valence-electron chi connectivity index (χ3n) is 5.24. The van der Waals surface area contributed by atoms with E-state index in [2.05, 4.69) is 33.6 Å². The molecule has 0 radical (unpaired) electrons. The molecule has 35 heavy (non-hydrogen) atoms. The molecular weight excluding hydrogens is 518 g/mol. The summed E-state index contributed by atoms with van der Waals surface area (Å²) in [5, 5.41) is 32.5. The predicted molar refractivity (Wildman–Crippen MR) is 111 cm³/mol. The molecule has 2 aromatic rings. The van der Waals surface area contributed by atoms with E-state index < -0.39 is 71.3 Å². The number of rotatable bonds is 9. The smallest absolute Gasteiger partial charge is 0.387 e. The lowest BCUT2D eigenvalue weighted by atomic mass is 10.1. The van der Waals surface area contributed by atoms with Gasteiger partial charge in [-0.1, -0.05) is 0 Å². The van der Waals surface area contributed by atoms with Crippen LogP contribution in [-0.4, -0.2) is 101 Å². The summed E-state index contributed by atoms with van der Waals surface area (Å²) >= 11 is 0. The quantitative estimate of drug-likeness (QED) is 0.158. The van der Waals surface area contributed by atoms with Gasteiger partial charge in [0, 0.05) is 6.54 Å². The number of nitrogen functional groups attached to an aromatic ring is 1. The Morgan fingerprint density at radius 1 is 1.11 bits per heavy atom. The fourth-order valence-corrected chi connectivity index (χ4v) is 5.59. The van der Waals surface area contributed by atoms with Gasteiger partial charge in [-0.15, -0.1) is 0 Å². The first-order valence-electron chi connectivity index (χ1n) is 9.94. The second-order valence-electron chi connectivity index (χ2n) is 7.62. The molecule has 0 aromatic carbocycles. The summed E-state index contributed by atoms with van der Waals surface area (Å²) < 4.78 is 44.2. The number of aliphatic hydroxyl groups is 3. The van der Waals surface area contributed by atoms with Crippen LogP contribution in [0.3, 0.4) is 0 Å². The van der Waals surface area contributed by atoms with E-state index in [1.165, 1.54) is 10.9 Å². The molecule has 2 aliphatic rings. The van der Waals surface area contributed by atoms with E-state index in [1.54, 1.807) is 0 Å². The first-order valence-corrected chi connectivity index (χ1v) is 12.9. The maximum atomic E-state index is 12.1. The summed E-state index contributed by atoms with van der Waals surface area (Å²) in [6, 6.07) is -1.12. The average molecular weight is 540 g/mol. The number of nitrogens with one attached hydrogen (secondary N) is 1. The van der Waals surface area contributed by atoms with Crippen molar-refractivity contribution >= 4 is 38.4 Å². The van der Waals surface area contributed by atoms with Crippen LogP contribution in [0.5, 0.6) is 0 Å². The Hall–Kier alpha value is -1.92. The zero-order valence-corrected chi connectivity index (χ0v) is 19.4. The normalized spacial score (nSPS) is 32.7. The lowest BCUT2D eigenvalue weighted by Crippen LogP contribution is -2.33. The second-order valence-corrected chi connectivity index (χ2v) is 10.7. The van der Waals surface area contributed by atoms with Crippen LogP contribution >= 0.6 is 15.6 Å². The van der Waals surface area contributed by atoms with Crippen LogP contribution in [0.15, 0.2) is 12.7 Å². The van der Waals surface area contributed by atoms with Gasteiger partial charge in [0.05, 0.1) is 25.6 Å². The third-order valence-corrected chi connectivity index (χ3v) is 7.84. The molecule has 2 saturated heterocycles. The Kier molecular flexibility index (Phi) is 7.36. The standard InChI is InChI=1S/C15H22N6O12P2/c16-13-9-14(19-4-18-13)21(5-20-9)15-12(25)11(24)8(32-15)3-31-35(28,29)33-34(26,27)30-2-6-10(23)7(22)1-17-6/h4-8,11-12,15,17,22,24-25H,1-3H2,(H,26,27)(H,28,29)(H2,16,18,19)/t6-,7+,8?,11?,12?,15?/m1/s1. The molecule has 8 atom stereocenters. The fourth-order valence-electron chi connectivity index (χ4n) is 3.50. The number of fused-ring (bicyclic) bond motifs is 1. The minimum atomic E-state index is -5.25. The zero-order chi connectivity index (χ0) is 25.5. The topological polar surface area (TPSA) is 271 Å². The van der Waals surface area contributed by atoms with Crippen molar-refractivity contribution < 1.29 is 57.1 Å². The number of ketones is 1. The number of aromatic nitrogens is 4. The van der Waals surface area contributed by atoms with E-state index in [9.17, 15) is 39.0 Å². The van der Waals surface area contributed by atoms with Gasteiger partial charge in [-0.25, -0.2) is 24.1 Å². The van der Waals surface area contributed by atoms with Gasteiger partial charge in [-0.05, 0) is 0 Å². The molecule has 2 aromatic heterocycles. The highest BCUT2D eigenvalue weighted by molar-refractivity contribution is 7.61. The number of aliphatic hydroxyl groups excluding tert-OH is 3. The van der Waals surface area contributed by atoms with Crippen LogP contribution in [-0.2, 0) is 32.0 Å². The molecule has 2 aliphatic heterocycles. The van der Waals surface area contributed by atoms with E-state index in [0.717, 1.165) is 6.33 Å². The number of hydrogen-bond donors (Lipinski definition) is 7. The molecule has 194 valence electrons. The molecule has 2 fully saturated rings. The number of Topliss-reactive ketones (excluding diaryl/α,β-unsaturated/α-hetero) is 1. The Balaban J connectivity index is 1.35. The average Bonchev–Trinajstić information content (AvgIpc) is 3.43. The zero-order valence-electron chi connectivity index (χ0n) is 17.6. The minimum absolute atomic E-state index is 0.0694. The number of hydrogen-bond acceptors (Lipinski definition) is 15. The van der Waals surface area contributed by atoms with Crippen molar-refractivity contribution in [3.63, 3.8) is 0 Å². The molecule has 8 N–H and O–H groups in total. The van der Waals surface area contributed by atoms with E-state index in [-0.39, 0.29) is 23.5 Å². The van der Waals surface area contributed by atoms with Gasteiger partial charge >= 0.3 is 15.6 Å². The predicted octanol–water partition coefficient (Wildman–Crippen LogP) is -2.82. The van der Waals surface area contributed by atoms with Gasteiger partial charge in [0.2, 0.25) is 0 Å². The van der Waals surface area contributed by atoms with E-state index >= 15 is 0 Å². The van der Waals surface area contributed by atoms with Crippen molar-refractivity contribution in [2.24, 2.45) is 0 Å². The molecule has 0 spiro atoms. The van der Waals surface area contributed by atoms with Crippen molar-refractivity contribution in [2.45, 2.75) is 36.7 Å². The monoisotopic (exact) mass is 540 g/mol.